The fourth-order valence-electron chi connectivity index (χ4n) is 1.78. The largest absolute Gasteiger partial charge is 0.544 e. The Morgan fingerprint density at radius 1 is 1.41 bits per heavy atom. The summed E-state index contributed by atoms with van der Waals surface area (Å²) in [5, 5.41) is 11.0. The van der Waals surface area contributed by atoms with Crippen molar-refractivity contribution in [1.29, 1.82) is 0 Å². The maximum Gasteiger partial charge on any atom is 0.410 e. The van der Waals surface area contributed by atoms with Gasteiger partial charge >= 0.3 is 6.09 Å². The van der Waals surface area contributed by atoms with Gasteiger partial charge in [0.15, 0.2) is 5.54 Å². The molecule has 6 nitrogen and oxygen atoms in total. The number of ether oxygens (including phenoxy) is 1. The first-order valence-electron chi connectivity index (χ1n) is 5.69. The average Bonchev–Trinajstić information content (AvgIpc) is 2.15. The summed E-state index contributed by atoms with van der Waals surface area (Å²) in [5.41, 5.74) is 1.85. The van der Waals surface area contributed by atoms with Crippen molar-refractivity contribution < 1.29 is 25.2 Å². The van der Waals surface area contributed by atoms with Crippen LogP contribution in [0.2, 0.25) is 0 Å². The number of hydrogen-bond acceptors (Lipinski definition) is 4. The Bertz CT molecular complexity index is 324. The zero-order chi connectivity index (χ0) is 13.3. The highest BCUT2D eigenvalue weighted by atomic mass is 16.6. The Labute approximate surface area is 101 Å². The van der Waals surface area contributed by atoms with Crippen molar-refractivity contribution in [3.63, 3.8) is 0 Å². The number of carbonyl (C=O) groups excluding carboxylic acids is 2. The van der Waals surface area contributed by atoms with Crippen LogP contribution < -0.4 is 10.8 Å². The molecule has 0 radical (unpaired) electrons. The number of carboxylic acids is 1. The SMILES string of the molecule is CC(C)(C)OC(=O)N1CCC[C@]([NH3+])(C(=O)[O-])C1. The molecule has 1 amide bonds. The summed E-state index contributed by atoms with van der Waals surface area (Å²) in [4.78, 5) is 24.2. The van der Waals surface area contributed by atoms with Gasteiger partial charge in [0, 0.05) is 13.0 Å². The number of nitrogens with zero attached hydrogens (tertiary/aromatic N) is 1. The van der Waals surface area contributed by atoms with E-state index in [-0.39, 0.29) is 6.54 Å². The van der Waals surface area contributed by atoms with Crippen LogP contribution in [0.25, 0.3) is 0 Å². The number of carbonyl (C=O) groups is 2. The van der Waals surface area contributed by atoms with Gasteiger partial charge in [0.2, 0.25) is 0 Å². The number of likely N-dealkylation sites (tertiary alicyclic amines) is 1. The molecular weight excluding hydrogens is 224 g/mol. The van der Waals surface area contributed by atoms with Gasteiger partial charge in [0.25, 0.3) is 0 Å². The fourth-order valence-corrected chi connectivity index (χ4v) is 1.78. The maximum atomic E-state index is 11.8. The molecule has 1 aliphatic rings. The van der Waals surface area contributed by atoms with E-state index in [0.717, 1.165) is 0 Å². The molecule has 0 spiro atoms. The quantitative estimate of drug-likeness (QED) is 0.623. The van der Waals surface area contributed by atoms with Crippen molar-refractivity contribution in [2.45, 2.75) is 44.8 Å². The monoisotopic (exact) mass is 244 g/mol. The lowest BCUT2D eigenvalue weighted by Gasteiger charge is -2.38. The van der Waals surface area contributed by atoms with Gasteiger partial charge < -0.3 is 25.3 Å². The molecule has 3 N–H and O–H groups in total. The van der Waals surface area contributed by atoms with Gasteiger partial charge in [-0.2, -0.15) is 0 Å². The molecule has 0 saturated carbocycles. The second-order valence-electron chi connectivity index (χ2n) is 5.57. The predicted octanol–water partition coefficient (Wildman–Crippen LogP) is -1.25. The third kappa shape index (κ3) is 3.59. The van der Waals surface area contributed by atoms with Gasteiger partial charge in [0.1, 0.15) is 11.6 Å². The molecule has 98 valence electrons. The molecule has 17 heavy (non-hydrogen) atoms. The van der Waals surface area contributed by atoms with Crippen molar-refractivity contribution in [1.82, 2.24) is 4.90 Å². The lowest BCUT2D eigenvalue weighted by Crippen LogP contribution is -2.84. The highest BCUT2D eigenvalue weighted by Gasteiger charge is 2.39. The molecule has 1 saturated heterocycles. The van der Waals surface area contributed by atoms with Crippen molar-refractivity contribution in [2.75, 3.05) is 13.1 Å². The number of hydrogen-bond donors (Lipinski definition) is 1. The smallest absolute Gasteiger partial charge is 0.410 e. The highest BCUT2D eigenvalue weighted by molar-refractivity contribution is 5.77. The van der Waals surface area contributed by atoms with Crippen LogP contribution in [0.5, 0.6) is 0 Å². The van der Waals surface area contributed by atoms with Crippen LogP contribution in [0, 0.1) is 0 Å². The molecule has 1 fully saturated rings. The van der Waals surface area contributed by atoms with E-state index in [0.29, 0.717) is 19.4 Å². The molecule has 0 bridgehead atoms. The second-order valence-corrected chi connectivity index (χ2v) is 5.57. The summed E-state index contributed by atoms with van der Waals surface area (Å²) in [6, 6.07) is 0. The van der Waals surface area contributed by atoms with E-state index >= 15 is 0 Å². The molecule has 1 heterocycles. The van der Waals surface area contributed by atoms with E-state index in [4.69, 9.17) is 4.74 Å². The number of rotatable bonds is 1. The summed E-state index contributed by atoms with van der Waals surface area (Å²) in [7, 11) is 0. The molecule has 0 aliphatic carbocycles. The molecule has 1 aliphatic heterocycles. The lowest BCUT2D eigenvalue weighted by molar-refractivity contribution is -0.491. The zero-order valence-electron chi connectivity index (χ0n) is 10.6. The molecule has 0 aromatic carbocycles. The van der Waals surface area contributed by atoms with Crippen molar-refractivity contribution in [3.8, 4) is 0 Å². The standard InChI is InChI=1S/C11H20N2O4/c1-10(2,3)17-9(16)13-6-4-5-11(12,7-13)8(14)15/h4-7,12H2,1-3H3,(H,14,15)/t11-/m1/s1. The summed E-state index contributed by atoms with van der Waals surface area (Å²) in [5.74, 6) is -1.22. The van der Waals surface area contributed by atoms with Crippen LogP contribution in [-0.4, -0.2) is 41.2 Å². The molecular formula is C11H20N2O4. The van der Waals surface area contributed by atoms with Gasteiger partial charge in [-0.15, -0.1) is 0 Å². The Morgan fingerprint density at radius 3 is 2.47 bits per heavy atom. The van der Waals surface area contributed by atoms with Crippen LogP contribution in [0.3, 0.4) is 0 Å². The predicted molar refractivity (Wildman–Crippen MR) is 57.7 cm³/mol. The first-order valence-corrected chi connectivity index (χ1v) is 5.69. The van der Waals surface area contributed by atoms with E-state index in [9.17, 15) is 14.7 Å². The highest BCUT2D eigenvalue weighted by Crippen LogP contribution is 2.19. The summed E-state index contributed by atoms with van der Waals surface area (Å²) in [6.07, 6.45) is 0.525. The van der Waals surface area contributed by atoms with Crippen LogP contribution in [0.1, 0.15) is 33.6 Å². The lowest BCUT2D eigenvalue weighted by atomic mass is 9.90. The molecule has 6 heteroatoms. The first kappa shape index (κ1) is 13.8. The van der Waals surface area contributed by atoms with E-state index in [1.807, 2.05) is 0 Å². The fraction of sp³-hybridized carbons (Fsp3) is 0.818. The van der Waals surface area contributed by atoms with Gasteiger partial charge in [-0.25, -0.2) is 4.79 Å². The van der Waals surface area contributed by atoms with Crippen LogP contribution in [0.15, 0.2) is 0 Å². The number of carboxylic acid groups (broad SMARTS) is 1. The average molecular weight is 244 g/mol. The van der Waals surface area contributed by atoms with Crippen LogP contribution in [0.4, 0.5) is 4.79 Å². The molecule has 0 aromatic rings. The van der Waals surface area contributed by atoms with E-state index in [1.165, 1.54) is 4.90 Å². The molecule has 1 rings (SSSR count). The van der Waals surface area contributed by atoms with Crippen LogP contribution >= 0.6 is 0 Å². The number of piperidine rings is 1. The van der Waals surface area contributed by atoms with Crippen molar-refractivity contribution in [3.05, 3.63) is 0 Å². The minimum absolute atomic E-state index is 0.0459. The Kier molecular flexibility index (Phi) is 3.66. The minimum Gasteiger partial charge on any atom is -0.544 e. The topological polar surface area (TPSA) is 97.3 Å². The Balaban J connectivity index is 2.67. The van der Waals surface area contributed by atoms with Gasteiger partial charge in [-0.1, -0.05) is 0 Å². The minimum atomic E-state index is -1.22. The Hall–Kier alpha value is -1.30. The van der Waals surface area contributed by atoms with E-state index in [2.05, 4.69) is 5.73 Å². The van der Waals surface area contributed by atoms with E-state index in [1.54, 1.807) is 20.8 Å². The van der Waals surface area contributed by atoms with Crippen molar-refractivity contribution >= 4 is 12.1 Å². The van der Waals surface area contributed by atoms with Crippen LogP contribution in [-0.2, 0) is 9.53 Å². The third-order valence-corrected chi connectivity index (χ3v) is 2.66. The number of aliphatic carboxylic acids is 1. The van der Waals surface area contributed by atoms with Gasteiger partial charge in [-0.05, 0) is 27.2 Å². The zero-order valence-corrected chi connectivity index (χ0v) is 10.6. The second kappa shape index (κ2) is 4.52. The molecule has 0 aromatic heterocycles. The van der Waals surface area contributed by atoms with E-state index < -0.39 is 23.2 Å². The van der Waals surface area contributed by atoms with Crippen molar-refractivity contribution in [2.24, 2.45) is 0 Å². The third-order valence-electron chi connectivity index (χ3n) is 2.66. The first-order chi connectivity index (χ1) is 7.64. The number of quaternary nitrogens is 1. The number of amides is 1. The molecule has 1 atom stereocenters. The summed E-state index contributed by atoms with van der Waals surface area (Å²) < 4.78 is 5.20. The van der Waals surface area contributed by atoms with Gasteiger partial charge in [-0.3, -0.25) is 0 Å². The summed E-state index contributed by atoms with van der Waals surface area (Å²) >= 11 is 0. The summed E-state index contributed by atoms with van der Waals surface area (Å²) in [6.45, 7) is 5.85. The maximum absolute atomic E-state index is 11.8. The Morgan fingerprint density at radius 2 is 2.00 bits per heavy atom. The molecule has 0 unspecified atom stereocenters. The normalized spacial score (nSPS) is 25.5. The van der Waals surface area contributed by atoms with Gasteiger partial charge in [0.05, 0.1) is 6.54 Å².